The molecule has 3 fully saturated rings. The molecule has 19 atom stereocenters. The van der Waals surface area contributed by atoms with Crippen LogP contribution in [0.15, 0.2) is 0 Å². The fourth-order valence-corrected chi connectivity index (χ4v) is 4.98. The summed E-state index contributed by atoms with van der Waals surface area (Å²) in [4.78, 5) is 0. The topological polar surface area (TPSA) is 339 Å². The molecule has 260 valence electrons. The van der Waals surface area contributed by atoms with Crippen LogP contribution in [0.2, 0.25) is 0 Å². The third-order valence-corrected chi connectivity index (χ3v) is 7.74. The first-order chi connectivity index (χ1) is 20.7. The van der Waals surface area contributed by atoms with Crippen LogP contribution >= 0.6 is 0 Å². The maximum atomic E-state index is 11.0. The predicted octanol–water partition coefficient (Wildman–Crippen LogP) is -9.09. The summed E-state index contributed by atoms with van der Waals surface area (Å²) in [5, 5.41) is 141. The zero-order valence-corrected chi connectivity index (χ0v) is 23.5. The van der Waals surface area contributed by atoms with Gasteiger partial charge in [0.25, 0.3) is 0 Å². The third kappa shape index (κ3) is 8.18. The van der Waals surface area contributed by atoms with Crippen molar-refractivity contribution in [1.82, 2.24) is 0 Å². The van der Waals surface area contributed by atoms with Crippen LogP contribution in [0.1, 0.15) is 6.92 Å². The highest BCUT2D eigenvalue weighted by atomic mass is 16.8. The lowest BCUT2D eigenvalue weighted by atomic mass is 9.96. The van der Waals surface area contributed by atoms with Crippen molar-refractivity contribution in [2.45, 2.75) is 123 Å². The van der Waals surface area contributed by atoms with Crippen LogP contribution in [0.5, 0.6) is 0 Å². The minimum Gasteiger partial charge on any atom is -0.394 e. The van der Waals surface area contributed by atoms with E-state index >= 15 is 0 Å². The molecular formula is C24H44O20. The lowest BCUT2D eigenvalue weighted by molar-refractivity contribution is -0.374. The molecule has 20 nitrogen and oxygen atoms in total. The van der Waals surface area contributed by atoms with Crippen LogP contribution in [0.25, 0.3) is 0 Å². The molecule has 0 aromatic rings. The summed E-state index contributed by atoms with van der Waals surface area (Å²) in [6.45, 7) is -2.20. The SMILES string of the molecule is C[C@H](O)[C@H](O)[C@@H](O[C@H]1O[C@H](CO[C@@H]2O[C@H](CO)[C@@H](O)[C@H](O)[C@H]2O)[C@@H](O[C@@H]2O[C@H](CO)[C@@H](O)[C@H](O)[C@H]2O)[C@H](O)[C@H]1O)[C@@H](O)CO. The van der Waals surface area contributed by atoms with Gasteiger partial charge in [0.05, 0.1) is 32.5 Å². The summed E-state index contributed by atoms with van der Waals surface area (Å²) in [7, 11) is 0. The van der Waals surface area contributed by atoms with Crippen molar-refractivity contribution in [3.8, 4) is 0 Å². The van der Waals surface area contributed by atoms with Gasteiger partial charge >= 0.3 is 0 Å². The summed E-state index contributed by atoms with van der Waals surface area (Å²) in [5.41, 5.74) is 0. The molecule has 3 saturated heterocycles. The Hall–Kier alpha value is -0.800. The molecule has 20 heteroatoms. The molecule has 0 unspecified atom stereocenters. The van der Waals surface area contributed by atoms with E-state index < -0.39 is 143 Å². The highest BCUT2D eigenvalue weighted by Crippen LogP contribution is 2.32. The van der Waals surface area contributed by atoms with Crippen molar-refractivity contribution >= 4 is 0 Å². The largest absolute Gasteiger partial charge is 0.394 e. The highest BCUT2D eigenvalue weighted by molar-refractivity contribution is 4.96. The van der Waals surface area contributed by atoms with E-state index in [0.717, 1.165) is 6.92 Å². The van der Waals surface area contributed by atoms with Gasteiger partial charge in [0, 0.05) is 0 Å². The molecule has 0 aliphatic carbocycles. The van der Waals surface area contributed by atoms with Crippen LogP contribution in [0.4, 0.5) is 0 Å². The Morgan fingerprint density at radius 3 is 1.57 bits per heavy atom. The predicted molar refractivity (Wildman–Crippen MR) is 135 cm³/mol. The molecule has 0 radical (unpaired) electrons. The summed E-state index contributed by atoms with van der Waals surface area (Å²) < 4.78 is 32.8. The smallest absolute Gasteiger partial charge is 0.187 e. The van der Waals surface area contributed by atoms with Gasteiger partial charge in [-0.15, -0.1) is 0 Å². The molecule has 0 bridgehead atoms. The zero-order chi connectivity index (χ0) is 33.0. The van der Waals surface area contributed by atoms with Gasteiger partial charge in [-0.2, -0.15) is 0 Å². The van der Waals surface area contributed by atoms with E-state index in [9.17, 15) is 71.5 Å². The third-order valence-electron chi connectivity index (χ3n) is 7.74. The van der Waals surface area contributed by atoms with E-state index in [4.69, 9.17) is 28.4 Å². The molecule has 0 spiro atoms. The summed E-state index contributed by atoms with van der Waals surface area (Å²) >= 11 is 0. The lowest BCUT2D eigenvalue weighted by Crippen LogP contribution is -2.66. The van der Waals surface area contributed by atoms with Gasteiger partial charge in [-0.1, -0.05) is 0 Å². The van der Waals surface area contributed by atoms with Gasteiger partial charge in [0.1, 0.15) is 91.6 Å². The van der Waals surface area contributed by atoms with Gasteiger partial charge in [0.2, 0.25) is 0 Å². The molecular weight excluding hydrogens is 608 g/mol. The molecule has 44 heavy (non-hydrogen) atoms. The van der Waals surface area contributed by atoms with Crippen LogP contribution in [-0.4, -0.2) is 214 Å². The van der Waals surface area contributed by atoms with E-state index in [2.05, 4.69) is 0 Å². The van der Waals surface area contributed by atoms with Crippen molar-refractivity contribution in [2.75, 3.05) is 26.4 Å². The monoisotopic (exact) mass is 652 g/mol. The molecule has 3 aliphatic heterocycles. The minimum absolute atomic E-state index is 0.763. The average molecular weight is 653 g/mol. The quantitative estimate of drug-likeness (QED) is 0.0878. The molecule has 14 N–H and O–H groups in total. The zero-order valence-electron chi connectivity index (χ0n) is 23.5. The average Bonchev–Trinajstić information content (AvgIpc) is 3.01. The summed E-state index contributed by atoms with van der Waals surface area (Å²) in [5.74, 6) is 0. The van der Waals surface area contributed by atoms with Crippen LogP contribution in [0.3, 0.4) is 0 Å². The molecule has 3 heterocycles. The van der Waals surface area contributed by atoms with Gasteiger partial charge in [0.15, 0.2) is 18.9 Å². The summed E-state index contributed by atoms with van der Waals surface area (Å²) in [6.07, 6.45) is -33.8. The number of rotatable bonds is 13. The Morgan fingerprint density at radius 1 is 0.591 bits per heavy atom. The van der Waals surface area contributed by atoms with E-state index in [1.54, 1.807) is 0 Å². The maximum Gasteiger partial charge on any atom is 0.187 e. The number of aliphatic hydroxyl groups excluding tert-OH is 14. The van der Waals surface area contributed by atoms with Gasteiger partial charge < -0.3 is 99.9 Å². The molecule has 0 aromatic carbocycles. The first kappa shape index (κ1) is 37.7. The normalized spacial score (nSPS) is 46.3. The van der Waals surface area contributed by atoms with E-state index in [-0.39, 0.29) is 0 Å². The molecule has 3 aliphatic rings. The van der Waals surface area contributed by atoms with Gasteiger partial charge in [-0.05, 0) is 6.92 Å². The van der Waals surface area contributed by atoms with E-state index in [1.807, 2.05) is 0 Å². The number of ether oxygens (including phenoxy) is 6. The molecule has 0 amide bonds. The highest BCUT2D eigenvalue weighted by Gasteiger charge is 2.53. The number of hydrogen-bond donors (Lipinski definition) is 14. The van der Waals surface area contributed by atoms with Crippen molar-refractivity contribution in [3.05, 3.63) is 0 Å². The Bertz CT molecular complexity index is 851. The summed E-state index contributed by atoms with van der Waals surface area (Å²) in [6, 6.07) is 0. The first-order valence-corrected chi connectivity index (χ1v) is 13.9. The fraction of sp³-hybridized carbons (Fsp3) is 1.00. The molecule has 3 rings (SSSR count). The Labute approximate surface area is 250 Å². The van der Waals surface area contributed by atoms with Crippen molar-refractivity contribution in [1.29, 1.82) is 0 Å². The van der Waals surface area contributed by atoms with E-state index in [1.165, 1.54) is 0 Å². The Balaban J connectivity index is 1.87. The Morgan fingerprint density at radius 2 is 1.07 bits per heavy atom. The first-order valence-electron chi connectivity index (χ1n) is 13.9. The van der Waals surface area contributed by atoms with Crippen molar-refractivity contribution in [2.24, 2.45) is 0 Å². The number of aliphatic hydroxyl groups is 14. The lowest BCUT2D eigenvalue weighted by Gasteiger charge is -2.47. The fourth-order valence-electron chi connectivity index (χ4n) is 4.98. The molecule has 0 saturated carbocycles. The second-order valence-corrected chi connectivity index (χ2v) is 10.9. The second-order valence-electron chi connectivity index (χ2n) is 10.9. The van der Waals surface area contributed by atoms with Crippen LogP contribution in [0, 0.1) is 0 Å². The minimum atomic E-state index is -2.07. The van der Waals surface area contributed by atoms with E-state index in [0.29, 0.717) is 0 Å². The van der Waals surface area contributed by atoms with Crippen LogP contribution < -0.4 is 0 Å². The van der Waals surface area contributed by atoms with Crippen molar-refractivity contribution < 1.29 is 99.9 Å². The number of hydrogen-bond acceptors (Lipinski definition) is 20. The standard InChI is InChI=1S/C24H44O20/c1-6(28)11(30)20(7(29)2-25)43-24-19(38)16(35)21(44-23-18(37)15(34)13(32)9(4-27)41-23)10(42-24)5-39-22-17(36)14(33)12(31)8(3-26)40-22/h6-38H,2-5H2,1H3/t6-,7-,8+,9+,10+,11-,12+,13+,14-,15-,16+,17+,18+,19+,20-,21+,22+,23-,24+/m0/s1. The van der Waals surface area contributed by atoms with Gasteiger partial charge in [-0.25, -0.2) is 0 Å². The maximum absolute atomic E-state index is 11.0. The second kappa shape index (κ2) is 16.3. The van der Waals surface area contributed by atoms with Crippen molar-refractivity contribution in [3.63, 3.8) is 0 Å². The Kier molecular flexibility index (Phi) is 14.0. The van der Waals surface area contributed by atoms with Gasteiger partial charge in [-0.3, -0.25) is 0 Å². The van der Waals surface area contributed by atoms with Crippen LogP contribution in [-0.2, 0) is 28.4 Å². The molecule has 0 aromatic heterocycles.